The van der Waals surface area contributed by atoms with Crippen molar-refractivity contribution in [1.82, 2.24) is 4.90 Å². The molecule has 2 aliphatic rings. The second-order valence-electron chi connectivity index (χ2n) is 4.56. The first-order valence-corrected chi connectivity index (χ1v) is 7.75. The van der Waals surface area contributed by atoms with E-state index in [9.17, 15) is 23.1 Å². The summed E-state index contributed by atoms with van der Waals surface area (Å²) in [5, 5.41) is 9.83. The van der Waals surface area contributed by atoms with E-state index in [1.165, 1.54) is 13.8 Å². The van der Waals surface area contributed by atoms with E-state index >= 15 is 0 Å². The third kappa shape index (κ3) is 1.27. The summed E-state index contributed by atoms with van der Waals surface area (Å²) in [7, 11) is -3.81. The van der Waals surface area contributed by atoms with Crippen LogP contribution in [0.15, 0.2) is 0 Å². The van der Waals surface area contributed by atoms with Crippen LogP contribution in [0, 0.1) is 0 Å². The number of carboxylic acids is 1. The van der Waals surface area contributed by atoms with E-state index in [2.05, 4.69) is 31.9 Å². The number of carbonyl (C=O) groups is 2. The van der Waals surface area contributed by atoms with E-state index in [1.54, 1.807) is 0 Å². The van der Waals surface area contributed by atoms with Gasteiger partial charge in [-0.15, -0.1) is 0 Å². The Bertz CT molecular complexity index is 526. The fourth-order valence-electron chi connectivity index (χ4n) is 2.27. The van der Waals surface area contributed by atoms with Crippen LogP contribution in [-0.4, -0.2) is 44.6 Å². The molecule has 2 heterocycles. The number of carboxylic acid groups (broad SMARTS) is 1. The lowest BCUT2D eigenvalue weighted by molar-refractivity contribution is -0.312. The highest BCUT2D eigenvalue weighted by Crippen LogP contribution is 2.56. The molecular formula is C8H8Br2NO5S-. The number of carbonyl (C=O) groups excluding carboxylic acids is 2. The van der Waals surface area contributed by atoms with Crippen molar-refractivity contribution >= 4 is 53.6 Å². The Labute approximate surface area is 115 Å². The molecule has 0 aromatic heterocycles. The van der Waals surface area contributed by atoms with Crippen molar-refractivity contribution in [1.29, 1.82) is 0 Å². The number of amides is 1. The Morgan fingerprint density at radius 3 is 2.29 bits per heavy atom. The van der Waals surface area contributed by atoms with E-state index in [-0.39, 0.29) is 0 Å². The summed E-state index contributed by atoms with van der Waals surface area (Å²) >= 11 is 5.95. The van der Waals surface area contributed by atoms with Crippen LogP contribution in [0.1, 0.15) is 13.8 Å². The summed E-state index contributed by atoms with van der Waals surface area (Å²) in [4.78, 5) is 23.6. The molecule has 0 N–H and O–H groups in total. The monoisotopic (exact) mass is 388 g/mol. The van der Waals surface area contributed by atoms with Gasteiger partial charge in [0, 0.05) is 0 Å². The molecule has 2 saturated heterocycles. The van der Waals surface area contributed by atoms with Gasteiger partial charge < -0.3 is 14.8 Å². The number of alkyl halides is 2. The third-order valence-electron chi connectivity index (χ3n) is 3.27. The Kier molecular flexibility index (Phi) is 2.53. The zero-order valence-electron chi connectivity index (χ0n) is 8.81. The normalized spacial score (nSPS) is 36.2. The molecule has 17 heavy (non-hydrogen) atoms. The van der Waals surface area contributed by atoms with Crippen LogP contribution < -0.4 is 5.11 Å². The maximum atomic E-state index is 12.2. The summed E-state index contributed by atoms with van der Waals surface area (Å²) in [5.41, 5.74) is 0. The Morgan fingerprint density at radius 1 is 1.41 bits per heavy atom. The van der Waals surface area contributed by atoms with Crippen molar-refractivity contribution in [2.45, 2.75) is 33.2 Å². The summed E-state index contributed by atoms with van der Waals surface area (Å²) in [5.74, 6) is -2.18. The van der Waals surface area contributed by atoms with E-state index < -0.39 is 41.1 Å². The molecule has 0 aromatic carbocycles. The van der Waals surface area contributed by atoms with E-state index in [0.717, 1.165) is 4.90 Å². The fraction of sp³-hybridized carbons (Fsp3) is 0.750. The minimum atomic E-state index is -3.81. The quantitative estimate of drug-likeness (QED) is 0.422. The molecule has 2 rings (SSSR count). The molecule has 1 amide bonds. The molecule has 0 aromatic rings. The second kappa shape index (κ2) is 3.24. The van der Waals surface area contributed by atoms with Gasteiger partial charge in [-0.25, -0.2) is 8.42 Å². The SMILES string of the molecule is CC1(C)[C@H](C(=O)[O-])N2C(=O)C(Br)(Br)C2S1(=O)=O. The topological polar surface area (TPSA) is 94.6 Å². The Hall–Kier alpha value is -0.150. The van der Waals surface area contributed by atoms with Crippen molar-refractivity contribution in [3.8, 4) is 0 Å². The highest BCUT2D eigenvalue weighted by molar-refractivity contribution is 9.26. The summed E-state index contributed by atoms with van der Waals surface area (Å²) in [6, 6.07) is -1.46. The van der Waals surface area contributed by atoms with E-state index in [1.807, 2.05) is 0 Å². The molecule has 0 bridgehead atoms. The van der Waals surface area contributed by atoms with Gasteiger partial charge in [0.25, 0.3) is 5.91 Å². The largest absolute Gasteiger partial charge is 0.548 e. The molecule has 0 aliphatic carbocycles. The van der Waals surface area contributed by atoms with Gasteiger partial charge in [-0.3, -0.25) is 4.79 Å². The van der Waals surface area contributed by atoms with Crippen LogP contribution in [0.4, 0.5) is 0 Å². The van der Waals surface area contributed by atoms with Gasteiger partial charge in [-0.05, 0) is 13.8 Å². The first kappa shape index (κ1) is 13.3. The van der Waals surface area contributed by atoms with E-state index in [0.29, 0.717) is 0 Å². The third-order valence-corrected chi connectivity index (χ3v) is 8.28. The molecule has 6 nitrogen and oxygen atoms in total. The Morgan fingerprint density at radius 2 is 1.88 bits per heavy atom. The molecule has 0 radical (unpaired) electrons. The van der Waals surface area contributed by atoms with Crippen LogP contribution in [0.25, 0.3) is 0 Å². The molecule has 2 atom stereocenters. The molecule has 96 valence electrons. The molecule has 1 unspecified atom stereocenters. The van der Waals surface area contributed by atoms with Crippen LogP contribution in [-0.2, 0) is 19.4 Å². The predicted octanol–water partition coefficient (Wildman–Crippen LogP) is -1.03. The number of hydrogen-bond acceptors (Lipinski definition) is 5. The lowest BCUT2D eigenvalue weighted by atomic mass is 9.98. The zero-order chi connectivity index (χ0) is 13.4. The van der Waals surface area contributed by atoms with Gasteiger partial charge >= 0.3 is 0 Å². The number of nitrogens with zero attached hydrogens (tertiary/aromatic N) is 1. The van der Waals surface area contributed by atoms with Gasteiger partial charge in [0.2, 0.25) is 0 Å². The summed E-state index contributed by atoms with van der Waals surface area (Å²) in [6.45, 7) is 2.56. The van der Waals surface area contributed by atoms with Crippen LogP contribution in [0.2, 0.25) is 0 Å². The highest BCUT2D eigenvalue weighted by Gasteiger charge is 2.75. The second-order valence-corrected chi connectivity index (χ2v) is 10.7. The first-order chi connectivity index (χ1) is 7.47. The van der Waals surface area contributed by atoms with Crippen LogP contribution >= 0.6 is 31.9 Å². The number of halogens is 2. The zero-order valence-corrected chi connectivity index (χ0v) is 12.8. The lowest BCUT2D eigenvalue weighted by Crippen LogP contribution is -2.70. The maximum Gasteiger partial charge on any atom is 0.255 e. The predicted molar refractivity (Wildman–Crippen MR) is 63.0 cm³/mol. The number of aliphatic carboxylic acids is 1. The number of β-lactam (4-membered cyclic amide) rings is 1. The number of rotatable bonds is 1. The van der Waals surface area contributed by atoms with Gasteiger partial charge in [0.1, 0.15) is 0 Å². The molecule has 2 fully saturated rings. The first-order valence-electron chi connectivity index (χ1n) is 4.62. The summed E-state index contributed by atoms with van der Waals surface area (Å²) < 4.78 is 21.4. The van der Waals surface area contributed by atoms with Crippen molar-refractivity contribution in [2.24, 2.45) is 0 Å². The van der Waals surface area contributed by atoms with Crippen molar-refractivity contribution in [2.75, 3.05) is 0 Å². The van der Waals surface area contributed by atoms with Crippen molar-refractivity contribution < 1.29 is 23.1 Å². The molecule has 0 spiro atoms. The lowest BCUT2D eigenvalue weighted by Gasteiger charge is -2.46. The average Bonchev–Trinajstić information content (AvgIpc) is 2.29. The van der Waals surface area contributed by atoms with Gasteiger partial charge in [-0.1, -0.05) is 31.9 Å². The van der Waals surface area contributed by atoms with Gasteiger partial charge in [0.05, 0.1) is 16.8 Å². The maximum absolute atomic E-state index is 12.2. The smallest absolute Gasteiger partial charge is 0.255 e. The number of hydrogen-bond donors (Lipinski definition) is 0. The summed E-state index contributed by atoms with van der Waals surface area (Å²) in [6.07, 6.45) is 0. The minimum absolute atomic E-state index is 0.620. The molecule has 2 aliphatic heterocycles. The number of fused-ring (bicyclic) bond motifs is 1. The fourth-order valence-corrected chi connectivity index (χ4v) is 6.70. The van der Waals surface area contributed by atoms with Crippen LogP contribution in [0.5, 0.6) is 0 Å². The average molecular weight is 390 g/mol. The van der Waals surface area contributed by atoms with Crippen LogP contribution in [0.3, 0.4) is 0 Å². The molecular weight excluding hydrogens is 382 g/mol. The van der Waals surface area contributed by atoms with E-state index in [4.69, 9.17) is 0 Å². The number of sulfone groups is 1. The minimum Gasteiger partial charge on any atom is -0.548 e. The standard InChI is InChI=1S/C8H9Br2NO5S/c1-7(2)3(4(12)13)11-5(14)8(9,10)6(11)17(7,15)16/h3,6H,1-2H3,(H,12,13)/p-1/t3-,6?/m0/s1. The van der Waals surface area contributed by atoms with Crippen molar-refractivity contribution in [3.63, 3.8) is 0 Å². The molecule has 9 heteroatoms. The van der Waals surface area contributed by atoms with Crippen molar-refractivity contribution in [3.05, 3.63) is 0 Å². The highest BCUT2D eigenvalue weighted by atomic mass is 79.9. The molecule has 0 saturated carbocycles. The van der Waals surface area contributed by atoms with Gasteiger partial charge in [-0.2, -0.15) is 0 Å². The Balaban J connectivity index is 2.65. The van der Waals surface area contributed by atoms with Gasteiger partial charge in [0.15, 0.2) is 18.4 Å².